The molecule has 5 rings (SSSR count). The van der Waals surface area contributed by atoms with E-state index in [-0.39, 0.29) is 5.75 Å². The van der Waals surface area contributed by atoms with Gasteiger partial charge in [0.2, 0.25) is 0 Å². The molecule has 0 fully saturated rings. The Balaban J connectivity index is 1.77. The van der Waals surface area contributed by atoms with Crippen LogP contribution in [0.4, 0.5) is 4.39 Å². The standard InChI is InChI=1S/C28H23FO3/c1-18-16-19-6-4-5-7-24(19)27-23(18)14-15-28(32-27,20-8-11-22(30-2)12-9-20)21-10-13-26(31-3)25(29)17-21/h4-17H,1-3H3. The predicted molar refractivity (Wildman–Crippen MR) is 125 cm³/mol. The van der Waals surface area contributed by atoms with Gasteiger partial charge in [0.15, 0.2) is 17.2 Å². The van der Waals surface area contributed by atoms with Gasteiger partial charge in [0, 0.05) is 22.1 Å². The SMILES string of the molecule is COc1ccc(C2(c3ccc(OC)c(F)c3)C=Cc3c(C)cc4ccccc4c3O2)cc1. The predicted octanol–water partition coefficient (Wildman–Crippen LogP) is 6.65. The molecule has 0 saturated heterocycles. The van der Waals surface area contributed by atoms with E-state index in [1.54, 1.807) is 13.2 Å². The number of ether oxygens (including phenoxy) is 3. The van der Waals surface area contributed by atoms with Crippen LogP contribution in [0.5, 0.6) is 17.2 Å². The summed E-state index contributed by atoms with van der Waals surface area (Å²) in [5.74, 6) is 1.29. The number of methoxy groups -OCH3 is 2. The van der Waals surface area contributed by atoms with E-state index in [4.69, 9.17) is 14.2 Å². The number of hydrogen-bond donors (Lipinski definition) is 0. The molecule has 0 spiro atoms. The maximum Gasteiger partial charge on any atom is 0.178 e. The first-order valence-electron chi connectivity index (χ1n) is 10.4. The Labute approximate surface area is 186 Å². The van der Waals surface area contributed by atoms with Gasteiger partial charge in [-0.05, 0) is 48.2 Å². The van der Waals surface area contributed by atoms with Gasteiger partial charge in [-0.1, -0.05) is 54.6 Å². The van der Waals surface area contributed by atoms with Crippen LogP contribution in [0.2, 0.25) is 0 Å². The maximum atomic E-state index is 14.8. The number of halogens is 1. The van der Waals surface area contributed by atoms with Gasteiger partial charge in [0.25, 0.3) is 0 Å². The van der Waals surface area contributed by atoms with E-state index in [0.29, 0.717) is 5.56 Å². The zero-order chi connectivity index (χ0) is 22.3. The van der Waals surface area contributed by atoms with E-state index >= 15 is 0 Å². The maximum absolute atomic E-state index is 14.8. The summed E-state index contributed by atoms with van der Waals surface area (Å²) in [6.07, 6.45) is 4.08. The lowest BCUT2D eigenvalue weighted by molar-refractivity contribution is 0.163. The van der Waals surface area contributed by atoms with Gasteiger partial charge < -0.3 is 14.2 Å². The van der Waals surface area contributed by atoms with Crippen LogP contribution < -0.4 is 14.2 Å². The van der Waals surface area contributed by atoms with E-state index in [2.05, 4.69) is 31.2 Å². The molecule has 4 aromatic rings. The lowest BCUT2D eigenvalue weighted by Gasteiger charge is -2.37. The fraction of sp³-hybridized carbons (Fsp3) is 0.143. The van der Waals surface area contributed by atoms with Crippen molar-refractivity contribution < 1.29 is 18.6 Å². The molecule has 32 heavy (non-hydrogen) atoms. The fourth-order valence-corrected chi connectivity index (χ4v) is 4.39. The number of rotatable bonds is 4. The third kappa shape index (κ3) is 3.11. The molecule has 3 nitrogen and oxygen atoms in total. The Kier molecular flexibility index (Phi) is 4.86. The summed E-state index contributed by atoms with van der Waals surface area (Å²) >= 11 is 0. The number of benzene rings is 4. The van der Waals surface area contributed by atoms with E-state index in [1.165, 1.54) is 13.2 Å². The molecule has 160 valence electrons. The van der Waals surface area contributed by atoms with Crippen LogP contribution in [-0.4, -0.2) is 14.2 Å². The molecule has 1 heterocycles. The Morgan fingerprint density at radius 1 is 0.844 bits per heavy atom. The molecule has 4 heteroatoms. The van der Waals surface area contributed by atoms with Crippen LogP contribution in [0.1, 0.15) is 22.3 Å². The Morgan fingerprint density at radius 3 is 2.31 bits per heavy atom. The minimum absolute atomic E-state index is 0.195. The van der Waals surface area contributed by atoms with Crippen molar-refractivity contribution in [2.45, 2.75) is 12.5 Å². The molecule has 1 aliphatic heterocycles. The molecule has 1 atom stereocenters. The molecule has 0 saturated carbocycles. The second-order valence-corrected chi connectivity index (χ2v) is 7.91. The van der Waals surface area contributed by atoms with Gasteiger partial charge in [0.05, 0.1) is 14.2 Å². The quantitative estimate of drug-likeness (QED) is 0.365. The highest BCUT2D eigenvalue weighted by Crippen LogP contribution is 2.46. The summed E-state index contributed by atoms with van der Waals surface area (Å²) in [5.41, 5.74) is 2.69. The average Bonchev–Trinajstić information content (AvgIpc) is 2.84. The molecule has 1 aliphatic rings. The van der Waals surface area contributed by atoms with Crippen LogP contribution in [0.25, 0.3) is 16.8 Å². The fourth-order valence-electron chi connectivity index (χ4n) is 4.39. The highest BCUT2D eigenvalue weighted by atomic mass is 19.1. The molecule has 4 aromatic carbocycles. The molecule has 1 unspecified atom stereocenters. The number of hydrogen-bond acceptors (Lipinski definition) is 3. The zero-order valence-electron chi connectivity index (χ0n) is 18.2. The van der Waals surface area contributed by atoms with Crippen molar-refractivity contribution in [3.05, 3.63) is 107 Å². The van der Waals surface area contributed by atoms with Gasteiger partial charge in [-0.2, -0.15) is 0 Å². The van der Waals surface area contributed by atoms with Crippen LogP contribution in [0.15, 0.2) is 78.9 Å². The average molecular weight is 426 g/mol. The minimum atomic E-state index is -1.01. The third-order valence-corrected chi connectivity index (χ3v) is 6.09. The Bertz CT molecular complexity index is 1340. The molecule has 0 N–H and O–H groups in total. The third-order valence-electron chi connectivity index (χ3n) is 6.09. The summed E-state index contributed by atoms with van der Waals surface area (Å²) in [4.78, 5) is 0. The van der Waals surface area contributed by atoms with Crippen molar-refractivity contribution in [2.24, 2.45) is 0 Å². The van der Waals surface area contributed by atoms with E-state index < -0.39 is 11.4 Å². The largest absolute Gasteiger partial charge is 0.497 e. The summed E-state index contributed by atoms with van der Waals surface area (Å²) in [6.45, 7) is 2.08. The Hall–Kier alpha value is -3.79. The van der Waals surface area contributed by atoms with E-state index in [9.17, 15) is 4.39 Å². The molecule has 0 radical (unpaired) electrons. The normalized spacial score (nSPS) is 17.0. The molecular formula is C28H23FO3. The van der Waals surface area contributed by atoms with Crippen molar-refractivity contribution in [1.82, 2.24) is 0 Å². The van der Waals surface area contributed by atoms with E-state index in [1.807, 2.05) is 48.5 Å². The van der Waals surface area contributed by atoms with Gasteiger partial charge in [0.1, 0.15) is 11.5 Å². The zero-order valence-corrected chi connectivity index (χ0v) is 18.2. The van der Waals surface area contributed by atoms with Gasteiger partial charge in [-0.3, -0.25) is 0 Å². The molecular weight excluding hydrogens is 403 g/mol. The van der Waals surface area contributed by atoms with Crippen LogP contribution in [0.3, 0.4) is 0 Å². The summed E-state index contributed by atoms with van der Waals surface area (Å²) in [5, 5.41) is 2.12. The first kappa shape index (κ1) is 20.1. The smallest absolute Gasteiger partial charge is 0.178 e. The van der Waals surface area contributed by atoms with Crippen molar-refractivity contribution in [3.8, 4) is 17.2 Å². The van der Waals surface area contributed by atoms with Gasteiger partial charge in [-0.15, -0.1) is 0 Å². The topological polar surface area (TPSA) is 27.7 Å². The lowest BCUT2D eigenvalue weighted by atomic mass is 9.82. The first-order valence-corrected chi connectivity index (χ1v) is 10.4. The molecule has 0 amide bonds. The highest BCUT2D eigenvalue weighted by molar-refractivity contribution is 5.94. The van der Waals surface area contributed by atoms with E-state index in [0.717, 1.165) is 39.0 Å². The second kappa shape index (κ2) is 7.72. The van der Waals surface area contributed by atoms with Crippen molar-refractivity contribution in [1.29, 1.82) is 0 Å². The highest BCUT2D eigenvalue weighted by Gasteiger charge is 2.38. The summed E-state index contributed by atoms with van der Waals surface area (Å²) < 4.78 is 32.1. The number of fused-ring (bicyclic) bond motifs is 3. The number of aryl methyl sites for hydroxylation is 1. The summed E-state index contributed by atoms with van der Waals surface area (Å²) in [7, 11) is 3.09. The first-order chi connectivity index (χ1) is 15.6. The van der Waals surface area contributed by atoms with Crippen LogP contribution in [0, 0.1) is 12.7 Å². The van der Waals surface area contributed by atoms with Gasteiger partial charge in [-0.25, -0.2) is 4.39 Å². The van der Waals surface area contributed by atoms with Crippen LogP contribution >= 0.6 is 0 Å². The Morgan fingerprint density at radius 2 is 1.59 bits per heavy atom. The lowest BCUT2D eigenvalue weighted by Crippen LogP contribution is -2.34. The van der Waals surface area contributed by atoms with Gasteiger partial charge >= 0.3 is 0 Å². The summed E-state index contributed by atoms with van der Waals surface area (Å²) in [6, 6.07) is 23.0. The van der Waals surface area contributed by atoms with Crippen molar-refractivity contribution in [3.63, 3.8) is 0 Å². The second-order valence-electron chi connectivity index (χ2n) is 7.91. The van der Waals surface area contributed by atoms with Crippen molar-refractivity contribution >= 4 is 16.8 Å². The van der Waals surface area contributed by atoms with Crippen LogP contribution in [-0.2, 0) is 5.60 Å². The monoisotopic (exact) mass is 426 g/mol. The van der Waals surface area contributed by atoms with Crippen molar-refractivity contribution in [2.75, 3.05) is 14.2 Å². The molecule has 0 bridgehead atoms. The minimum Gasteiger partial charge on any atom is -0.497 e. The molecule has 0 aromatic heterocycles. The molecule has 0 aliphatic carbocycles.